The molecule has 1 fully saturated rings. The number of anilines is 1. The topological polar surface area (TPSA) is 45.2 Å². The van der Waals surface area contributed by atoms with E-state index < -0.39 is 0 Å². The number of nitrogens with zero attached hydrogens (tertiary/aromatic N) is 2. The molecule has 116 valence electrons. The summed E-state index contributed by atoms with van der Waals surface area (Å²) in [5, 5.41) is 4.23. The van der Waals surface area contributed by atoms with Gasteiger partial charge in [0, 0.05) is 43.8 Å². The third-order valence-corrected chi connectivity index (χ3v) is 4.36. The van der Waals surface area contributed by atoms with E-state index in [1.807, 2.05) is 17.0 Å². The molecule has 22 heavy (non-hydrogen) atoms. The van der Waals surface area contributed by atoms with Crippen molar-refractivity contribution >= 4 is 22.5 Å². The van der Waals surface area contributed by atoms with Crippen molar-refractivity contribution in [3.63, 3.8) is 0 Å². The molecule has 1 aromatic heterocycles. The van der Waals surface area contributed by atoms with Gasteiger partial charge in [0.15, 0.2) is 0 Å². The maximum atomic E-state index is 13.8. The molecule has 5 heteroatoms. The SMILES string of the molecule is CC(=O)N1CCC(CNc2ccnc3c(F)cccc23)CC1. The van der Waals surface area contributed by atoms with E-state index in [4.69, 9.17) is 0 Å². The number of nitrogens with one attached hydrogen (secondary N) is 1. The zero-order valence-electron chi connectivity index (χ0n) is 12.7. The fraction of sp³-hybridized carbons (Fsp3) is 0.412. The van der Waals surface area contributed by atoms with E-state index in [1.165, 1.54) is 6.07 Å². The largest absolute Gasteiger partial charge is 0.384 e. The molecule has 1 aromatic carbocycles. The van der Waals surface area contributed by atoms with Gasteiger partial charge in [-0.05, 0) is 30.9 Å². The summed E-state index contributed by atoms with van der Waals surface area (Å²) < 4.78 is 13.8. The Balaban J connectivity index is 1.65. The first kappa shape index (κ1) is 14.8. The third kappa shape index (κ3) is 3.03. The minimum absolute atomic E-state index is 0.155. The van der Waals surface area contributed by atoms with E-state index in [0.29, 0.717) is 11.4 Å². The van der Waals surface area contributed by atoms with Crippen LogP contribution in [0.2, 0.25) is 0 Å². The van der Waals surface area contributed by atoms with Gasteiger partial charge in [-0.25, -0.2) is 4.39 Å². The minimum Gasteiger partial charge on any atom is -0.384 e. The molecule has 2 aromatic rings. The molecule has 3 rings (SSSR count). The average molecular weight is 301 g/mol. The second kappa shape index (κ2) is 6.30. The molecule has 0 unspecified atom stereocenters. The number of piperidine rings is 1. The molecule has 0 bridgehead atoms. The summed E-state index contributed by atoms with van der Waals surface area (Å²) >= 11 is 0. The van der Waals surface area contributed by atoms with Gasteiger partial charge in [-0.1, -0.05) is 12.1 Å². The van der Waals surface area contributed by atoms with Gasteiger partial charge >= 0.3 is 0 Å². The van der Waals surface area contributed by atoms with E-state index in [0.717, 1.165) is 43.5 Å². The number of hydrogen-bond acceptors (Lipinski definition) is 3. The molecule has 1 aliphatic rings. The number of fused-ring (bicyclic) bond motifs is 1. The molecular formula is C17H20FN3O. The van der Waals surface area contributed by atoms with Crippen molar-refractivity contribution in [1.82, 2.24) is 9.88 Å². The lowest BCUT2D eigenvalue weighted by Gasteiger charge is -2.31. The van der Waals surface area contributed by atoms with E-state index in [-0.39, 0.29) is 11.7 Å². The maximum Gasteiger partial charge on any atom is 0.219 e. The maximum absolute atomic E-state index is 13.8. The molecule has 1 N–H and O–H groups in total. The summed E-state index contributed by atoms with van der Waals surface area (Å²) in [6.07, 6.45) is 3.64. The first-order chi connectivity index (χ1) is 10.6. The Morgan fingerprint density at radius 3 is 2.86 bits per heavy atom. The highest BCUT2D eigenvalue weighted by Crippen LogP contribution is 2.25. The molecule has 0 aliphatic carbocycles. The number of carbonyl (C=O) groups excluding carboxylic acids is 1. The summed E-state index contributed by atoms with van der Waals surface area (Å²) in [4.78, 5) is 17.3. The lowest BCUT2D eigenvalue weighted by atomic mass is 9.96. The summed E-state index contributed by atoms with van der Waals surface area (Å²) in [7, 11) is 0. The second-order valence-electron chi connectivity index (χ2n) is 5.82. The van der Waals surface area contributed by atoms with E-state index >= 15 is 0 Å². The van der Waals surface area contributed by atoms with Crippen LogP contribution in [0.5, 0.6) is 0 Å². The van der Waals surface area contributed by atoms with E-state index in [2.05, 4.69) is 10.3 Å². The van der Waals surface area contributed by atoms with Crippen LogP contribution in [-0.4, -0.2) is 35.4 Å². The quantitative estimate of drug-likeness (QED) is 0.947. The molecule has 1 aliphatic heterocycles. The molecule has 2 heterocycles. The summed E-state index contributed by atoms with van der Waals surface area (Å²) in [6, 6.07) is 6.89. The standard InChI is InChI=1S/C17H20FN3O/c1-12(22)21-9-6-13(7-10-21)11-20-16-5-8-19-17-14(16)3-2-4-15(17)18/h2-5,8,13H,6-7,9-11H2,1H3,(H,19,20). The third-order valence-electron chi connectivity index (χ3n) is 4.36. The van der Waals surface area contributed by atoms with Crippen LogP contribution in [0.25, 0.3) is 10.9 Å². The Morgan fingerprint density at radius 2 is 2.14 bits per heavy atom. The Kier molecular flexibility index (Phi) is 4.22. The molecular weight excluding hydrogens is 281 g/mol. The van der Waals surface area contributed by atoms with Gasteiger partial charge in [0.25, 0.3) is 0 Å². The Hall–Kier alpha value is -2.17. The number of rotatable bonds is 3. The fourth-order valence-electron chi connectivity index (χ4n) is 3.00. The smallest absolute Gasteiger partial charge is 0.219 e. The number of hydrogen-bond donors (Lipinski definition) is 1. The van der Waals surface area contributed by atoms with Crippen LogP contribution < -0.4 is 5.32 Å². The van der Waals surface area contributed by atoms with E-state index in [1.54, 1.807) is 19.2 Å². The van der Waals surface area contributed by atoms with Crippen molar-refractivity contribution < 1.29 is 9.18 Å². The fourth-order valence-corrected chi connectivity index (χ4v) is 3.00. The highest BCUT2D eigenvalue weighted by Gasteiger charge is 2.20. The van der Waals surface area contributed by atoms with Crippen molar-refractivity contribution in [2.45, 2.75) is 19.8 Å². The number of halogens is 1. The number of pyridine rings is 1. The lowest BCUT2D eigenvalue weighted by molar-refractivity contribution is -0.130. The number of para-hydroxylation sites is 1. The van der Waals surface area contributed by atoms with Crippen LogP contribution in [0.15, 0.2) is 30.5 Å². The lowest BCUT2D eigenvalue weighted by Crippen LogP contribution is -2.38. The second-order valence-corrected chi connectivity index (χ2v) is 5.82. The van der Waals surface area contributed by atoms with Crippen LogP contribution in [0.3, 0.4) is 0 Å². The van der Waals surface area contributed by atoms with Crippen molar-refractivity contribution in [1.29, 1.82) is 0 Å². The van der Waals surface area contributed by atoms with Crippen molar-refractivity contribution in [2.75, 3.05) is 25.0 Å². The molecule has 1 saturated heterocycles. The van der Waals surface area contributed by atoms with Gasteiger partial charge in [0.05, 0.1) is 0 Å². The Morgan fingerprint density at radius 1 is 1.36 bits per heavy atom. The van der Waals surface area contributed by atoms with Gasteiger partial charge in [-0.2, -0.15) is 0 Å². The van der Waals surface area contributed by atoms with Gasteiger partial charge < -0.3 is 10.2 Å². The van der Waals surface area contributed by atoms with Crippen LogP contribution in [0, 0.1) is 11.7 Å². The molecule has 0 spiro atoms. The molecule has 4 nitrogen and oxygen atoms in total. The molecule has 0 atom stereocenters. The number of amides is 1. The molecule has 0 radical (unpaired) electrons. The van der Waals surface area contributed by atoms with Crippen molar-refractivity contribution in [2.24, 2.45) is 5.92 Å². The normalized spacial score (nSPS) is 16.0. The predicted molar refractivity (Wildman–Crippen MR) is 85.2 cm³/mol. The Labute approximate surface area is 129 Å². The zero-order valence-corrected chi connectivity index (χ0v) is 12.7. The number of carbonyl (C=O) groups is 1. The summed E-state index contributed by atoms with van der Waals surface area (Å²) in [6.45, 7) is 4.11. The van der Waals surface area contributed by atoms with Crippen LogP contribution in [-0.2, 0) is 4.79 Å². The van der Waals surface area contributed by atoms with Crippen LogP contribution in [0.4, 0.5) is 10.1 Å². The van der Waals surface area contributed by atoms with Gasteiger partial charge in [-0.3, -0.25) is 9.78 Å². The minimum atomic E-state index is -0.295. The highest BCUT2D eigenvalue weighted by molar-refractivity contribution is 5.91. The number of benzene rings is 1. The summed E-state index contributed by atoms with van der Waals surface area (Å²) in [5.41, 5.74) is 1.32. The zero-order chi connectivity index (χ0) is 15.5. The number of likely N-dealkylation sites (tertiary alicyclic amines) is 1. The highest BCUT2D eigenvalue weighted by atomic mass is 19.1. The molecule has 0 saturated carbocycles. The number of aromatic nitrogens is 1. The summed E-state index contributed by atoms with van der Waals surface area (Å²) in [5.74, 6) is 0.394. The molecule has 1 amide bonds. The first-order valence-corrected chi connectivity index (χ1v) is 7.68. The van der Waals surface area contributed by atoms with Crippen LogP contribution >= 0.6 is 0 Å². The monoisotopic (exact) mass is 301 g/mol. The van der Waals surface area contributed by atoms with E-state index in [9.17, 15) is 9.18 Å². The van der Waals surface area contributed by atoms with Gasteiger partial charge in [0.2, 0.25) is 5.91 Å². The Bertz CT molecular complexity index is 681. The van der Waals surface area contributed by atoms with Crippen molar-refractivity contribution in [3.05, 3.63) is 36.3 Å². The van der Waals surface area contributed by atoms with Gasteiger partial charge in [-0.15, -0.1) is 0 Å². The predicted octanol–water partition coefficient (Wildman–Crippen LogP) is 3.04. The average Bonchev–Trinajstić information content (AvgIpc) is 2.54. The van der Waals surface area contributed by atoms with Crippen molar-refractivity contribution in [3.8, 4) is 0 Å². The first-order valence-electron chi connectivity index (χ1n) is 7.68. The van der Waals surface area contributed by atoms with Gasteiger partial charge in [0.1, 0.15) is 11.3 Å². The van der Waals surface area contributed by atoms with Crippen LogP contribution in [0.1, 0.15) is 19.8 Å².